The minimum Gasteiger partial charge on any atom is -0.455 e. The Labute approximate surface area is 346 Å². The number of hydrogen-bond acceptors (Lipinski definition) is 10. The molecule has 0 bridgehead atoms. The lowest BCUT2D eigenvalue weighted by atomic mass is 9.95. The van der Waals surface area contributed by atoms with Gasteiger partial charge in [-0.3, -0.25) is 14.9 Å². The third-order valence-corrected chi connectivity index (χ3v) is 13.0. The smallest absolute Gasteiger partial charge is 0.293 e. The van der Waals surface area contributed by atoms with E-state index < -0.39 is 31.4 Å². The summed E-state index contributed by atoms with van der Waals surface area (Å²) in [5.41, 5.74) is 4.36. The number of nitro benzene ring substituents is 1. The van der Waals surface area contributed by atoms with Gasteiger partial charge < -0.3 is 24.7 Å². The number of rotatable bonds is 13. The molecule has 2 saturated heterocycles. The number of carbonyl (C=O) groups excluding carboxylic acids is 1. The number of anilines is 2. The lowest BCUT2D eigenvalue weighted by Gasteiger charge is -2.29. The number of aromatic amines is 1. The molecule has 1 unspecified atom stereocenters. The molecular weight excluding hydrogens is 788 g/mol. The number of amides is 1. The van der Waals surface area contributed by atoms with Crippen molar-refractivity contribution in [3.63, 3.8) is 0 Å². The summed E-state index contributed by atoms with van der Waals surface area (Å²) in [5.74, 6) is -0.351. The highest BCUT2D eigenvalue weighted by atomic mass is 32.2. The Hall–Kier alpha value is -6.32. The number of nitrogens with zero attached hydrogens (tertiary/aromatic N) is 3. The maximum atomic E-state index is 16.2. The average Bonchev–Trinajstić information content (AvgIpc) is 3.80. The predicted molar refractivity (Wildman–Crippen MR) is 226 cm³/mol. The molecule has 3 aliphatic rings. The SMILES string of the molecule is O=C(NS(=O)(=O)c1ccc(NCC2CCOCC2)c([N+](=O)[O-])c1)c1ccc(-c2ccc(N3CCCC3c3ccccc3C3CC3)c(F)c2)cc1Oc1cnc2[nH]ccc2c1. The van der Waals surface area contributed by atoms with Crippen LogP contribution in [-0.4, -0.2) is 55.5 Å². The molecule has 1 atom stereocenters. The molecule has 13 nitrogen and oxygen atoms in total. The van der Waals surface area contributed by atoms with Crippen molar-refractivity contribution in [1.82, 2.24) is 14.7 Å². The summed E-state index contributed by atoms with van der Waals surface area (Å²) >= 11 is 0. The van der Waals surface area contributed by atoms with Gasteiger partial charge in [-0.25, -0.2) is 22.5 Å². The van der Waals surface area contributed by atoms with E-state index in [1.807, 2.05) is 6.07 Å². The minimum absolute atomic E-state index is 0.0173. The predicted octanol–water partition coefficient (Wildman–Crippen LogP) is 9.25. The zero-order valence-electron chi connectivity index (χ0n) is 32.6. The molecule has 2 aliphatic heterocycles. The minimum atomic E-state index is -4.61. The van der Waals surface area contributed by atoms with Crippen molar-refractivity contribution in [2.24, 2.45) is 5.92 Å². The van der Waals surface area contributed by atoms with Crippen molar-refractivity contribution in [2.75, 3.05) is 36.5 Å². The number of nitrogens with one attached hydrogen (secondary N) is 3. The first-order valence-electron chi connectivity index (χ1n) is 20.2. The number of fused-ring (bicyclic) bond motifs is 1. The average molecular weight is 831 g/mol. The van der Waals surface area contributed by atoms with Crippen LogP contribution in [0.1, 0.15) is 72.0 Å². The fraction of sp³-hybridized carbons (Fsp3) is 0.289. The van der Waals surface area contributed by atoms with Gasteiger partial charge >= 0.3 is 0 Å². The van der Waals surface area contributed by atoms with Gasteiger partial charge in [-0.1, -0.05) is 36.4 Å². The van der Waals surface area contributed by atoms with Crippen LogP contribution in [0.25, 0.3) is 22.2 Å². The van der Waals surface area contributed by atoms with Crippen molar-refractivity contribution < 1.29 is 32.0 Å². The van der Waals surface area contributed by atoms with Crippen LogP contribution in [0.4, 0.5) is 21.5 Å². The summed E-state index contributed by atoms with van der Waals surface area (Å²) in [5, 5.41) is 15.9. The Balaban J connectivity index is 0.996. The third kappa shape index (κ3) is 8.14. The van der Waals surface area contributed by atoms with E-state index >= 15 is 4.39 Å². The number of H-pyrrole nitrogens is 1. The van der Waals surface area contributed by atoms with Gasteiger partial charge in [0.2, 0.25) is 0 Å². The second kappa shape index (κ2) is 16.4. The van der Waals surface area contributed by atoms with Crippen molar-refractivity contribution in [3.8, 4) is 22.6 Å². The van der Waals surface area contributed by atoms with Crippen LogP contribution in [0.5, 0.6) is 11.5 Å². The number of pyridine rings is 1. The van der Waals surface area contributed by atoms with Crippen LogP contribution < -0.4 is 19.7 Å². The van der Waals surface area contributed by atoms with E-state index in [9.17, 15) is 23.3 Å². The zero-order chi connectivity index (χ0) is 41.4. The Morgan fingerprint density at radius 2 is 1.73 bits per heavy atom. The summed E-state index contributed by atoms with van der Waals surface area (Å²) in [6.07, 6.45) is 9.04. The summed E-state index contributed by atoms with van der Waals surface area (Å²) in [7, 11) is -4.61. The van der Waals surface area contributed by atoms with Crippen LogP contribution in [0.3, 0.4) is 0 Å². The Kier molecular flexibility index (Phi) is 10.7. The lowest BCUT2D eigenvalue weighted by molar-refractivity contribution is -0.384. The molecule has 2 aromatic heterocycles. The van der Waals surface area contributed by atoms with Crippen molar-refractivity contribution in [2.45, 2.75) is 55.4 Å². The van der Waals surface area contributed by atoms with E-state index in [0.29, 0.717) is 48.1 Å². The highest BCUT2D eigenvalue weighted by Gasteiger charge is 2.34. The number of hydrogen-bond donors (Lipinski definition) is 3. The molecule has 308 valence electrons. The monoisotopic (exact) mass is 830 g/mol. The first-order chi connectivity index (χ1) is 29.1. The number of halogens is 1. The van der Waals surface area contributed by atoms with E-state index in [4.69, 9.17) is 9.47 Å². The maximum absolute atomic E-state index is 16.2. The standard InChI is InChI=1S/C45H43FN6O7S/c46-38-23-30(10-14-41(38)51-19-3-6-40(51)36-5-2-1-4-35(36)29-7-8-29)31-9-12-37(43(24-31)59-33-22-32-15-18-47-44(32)49-27-33)45(53)50-60(56,57)34-11-13-39(42(25-34)52(54)55)48-26-28-16-20-58-21-17-28/h1-2,4-5,9-15,18,22-25,27-29,40,48H,3,6-8,16-17,19-21,26H2,(H,47,49)(H,50,53). The van der Waals surface area contributed by atoms with Gasteiger partial charge in [-0.15, -0.1) is 0 Å². The molecule has 4 heterocycles. The van der Waals surface area contributed by atoms with E-state index in [1.165, 1.54) is 54.4 Å². The molecule has 4 aromatic carbocycles. The Bertz CT molecular complexity index is 2710. The van der Waals surface area contributed by atoms with Crippen molar-refractivity contribution in [3.05, 3.63) is 136 Å². The van der Waals surface area contributed by atoms with Crippen LogP contribution in [0.2, 0.25) is 0 Å². The molecule has 1 amide bonds. The molecule has 1 saturated carbocycles. The van der Waals surface area contributed by atoms with Crippen LogP contribution in [-0.2, 0) is 14.8 Å². The molecule has 3 fully saturated rings. The second-order valence-corrected chi connectivity index (χ2v) is 17.3. The number of aromatic nitrogens is 2. The molecular formula is C45H43FN6O7S. The molecule has 9 rings (SSSR count). The van der Waals surface area contributed by atoms with Crippen LogP contribution >= 0.6 is 0 Å². The fourth-order valence-corrected chi connectivity index (χ4v) is 9.36. The van der Waals surface area contributed by atoms with E-state index in [-0.39, 0.29) is 40.5 Å². The van der Waals surface area contributed by atoms with Gasteiger partial charge in [0.25, 0.3) is 21.6 Å². The third-order valence-electron chi connectivity index (χ3n) is 11.7. The van der Waals surface area contributed by atoms with Crippen molar-refractivity contribution in [1.29, 1.82) is 0 Å². The van der Waals surface area contributed by atoms with E-state index in [1.54, 1.807) is 36.5 Å². The summed E-state index contributed by atoms with van der Waals surface area (Å²) in [6, 6.07) is 25.2. The Morgan fingerprint density at radius 3 is 2.52 bits per heavy atom. The number of carbonyl (C=O) groups is 1. The molecule has 6 aromatic rings. The van der Waals surface area contributed by atoms with Crippen LogP contribution in [0.15, 0.2) is 108 Å². The lowest BCUT2D eigenvalue weighted by Crippen LogP contribution is -2.31. The Morgan fingerprint density at radius 1 is 0.950 bits per heavy atom. The summed E-state index contributed by atoms with van der Waals surface area (Å²) in [6.45, 7) is 2.42. The highest BCUT2D eigenvalue weighted by Crippen LogP contribution is 2.47. The molecule has 60 heavy (non-hydrogen) atoms. The molecule has 3 N–H and O–H groups in total. The fourth-order valence-electron chi connectivity index (χ4n) is 8.37. The maximum Gasteiger partial charge on any atom is 0.293 e. The first kappa shape index (κ1) is 39.2. The summed E-state index contributed by atoms with van der Waals surface area (Å²) in [4.78, 5) is 34.3. The molecule has 1 aliphatic carbocycles. The van der Waals surface area contributed by atoms with Gasteiger partial charge in [0.05, 0.1) is 33.3 Å². The van der Waals surface area contributed by atoms with Gasteiger partial charge in [0.15, 0.2) is 0 Å². The quantitative estimate of drug-likeness (QED) is 0.0754. The summed E-state index contributed by atoms with van der Waals surface area (Å²) < 4.78 is 57.2. The van der Waals surface area contributed by atoms with E-state index in [2.05, 4.69) is 49.2 Å². The normalized spacial score (nSPS) is 17.1. The van der Waals surface area contributed by atoms with Crippen LogP contribution in [0, 0.1) is 21.8 Å². The largest absolute Gasteiger partial charge is 0.455 e. The zero-order valence-corrected chi connectivity index (χ0v) is 33.4. The van der Waals surface area contributed by atoms with Gasteiger partial charge in [0.1, 0.15) is 28.7 Å². The number of ether oxygens (including phenoxy) is 2. The van der Waals surface area contributed by atoms with Gasteiger partial charge in [-0.05, 0) is 121 Å². The van der Waals surface area contributed by atoms with E-state index in [0.717, 1.165) is 43.7 Å². The van der Waals surface area contributed by atoms with Crippen molar-refractivity contribution >= 4 is 44.0 Å². The number of nitro groups is 1. The highest BCUT2D eigenvalue weighted by molar-refractivity contribution is 7.90. The van der Waals surface area contributed by atoms with Gasteiger partial charge in [-0.2, -0.15) is 0 Å². The second-order valence-electron chi connectivity index (χ2n) is 15.6. The molecule has 15 heteroatoms. The number of benzene rings is 4. The first-order valence-corrected chi connectivity index (χ1v) is 21.7. The molecule has 0 spiro atoms. The molecule has 0 radical (unpaired) electrons. The number of sulfonamides is 1. The van der Waals surface area contributed by atoms with Gasteiger partial charge in [0, 0.05) is 44.0 Å². The topological polar surface area (TPSA) is 169 Å².